The second kappa shape index (κ2) is 3.21. The highest BCUT2D eigenvalue weighted by Crippen LogP contribution is 2.20. The van der Waals surface area contributed by atoms with E-state index in [0.717, 1.165) is 17.1 Å². The van der Waals surface area contributed by atoms with E-state index >= 15 is 0 Å². The Balaban J connectivity index is 2.47. The number of para-hydroxylation sites is 1. The summed E-state index contributed by atoms with van der Waals surface area (Å²) in [4.78, 5) is 4.46. The molecule has 2 nitrogen and oxygen atoms in total. The summed E-state index contributed by atoms with van der Waals surface area (Å²) in [6.45, 7) is 0.860. The molecule has 0 aliphatic carbocycles. The molecule has 62 valence electrons. The monoisotopic (exact) mass is 178 g/mol. The molecule has 0 amide bonds. The number of nitrogens with one attached hydrogen (secondary N) is 1. The first-order valence-electron chi connectivity index (χ1n) is 3.89. The van der Waals surface area contributed by atoms with E-state index in [9.17, 15) is 0 Å². The van der Waals surface area contributed by atoms with Crippen molar-refractivity contribution in [3.8, 4) is 0 Å². The quantitative estimate of drug-likeness (QED) is 0.761. The first-order valence-corrected chi connectivity index (χ1v) is 4.71. The Bertz CT molecular complexity index is 348. The molecule has 2 aromatic rings. The van der Waals surface area contributed by atoms with Gasteiger partial charge in [-0.2, -0.15) is 0 Å². The van der Waals surface area contributed by atoms with E-state index in [1.54, 1.807) is 11.3 Å². The highest BCUT2D eigenvalue weighted by molar-refractivity contribution is 7.18. The second-order valence-electron chi connectivity index (χ2n) is 2.61. The molecular formula is C9H10N2S. The van der Waals surface area contributed by atoms with Crippen LogP contribution in [0.4, 0.5) is 0 Å². The van der Waals surface area contributed by atoms with Gasteiger partial charge in [0.1, 0.15) is 5.01 Å². The number of hydrogen-bond donors (Lipinski definition) is 1. The molecule has 0 saturated carbocycles. The van der Waals surface area contributed by atoms with Crippen molar-refractivity contribution in [1.82, 2.24) is 10.3 Å². The first kappa shape index (κ1) is 7.71. The van der Waals surface area contributed by atoms with Crippen LogP contribution in [0, 0.1) is 0 Å². The van der Waals surface area contributed by atoms with Gasteiger partial charge >= 0.3 is 0 Å². The lowest BCUT2D eigenvalue weighted by Crippen LogP contribution is -2.03. The minimum Gasteiger partial charge on any atom is -0.314 e. The fourth-order valence-electron chi connectivity index (χ4n) is 1.15. The number of aromatic nitrogens is 1. The molecule has 0 atom stereocenters. The summed E-state index contributed by atoms with van der Waals surface area (Å²) in [5.41, 5.74) is 1.10. The molecule has 2 rings (SSSR count). The zero-order chi connectivity index (χ0) is 8.39. The second-order valence-corrected chi connectivity index (χ2v) is 3.72. The van der Waals surface area contributed by atoms with Crippen molar-refractivity contribution in [2.24, 2.45) is 0 Å². The molecule has 0 bridgehead atoms. The van der Waals surface area contributed by atoms with Gasteiger partial charge in [0.05, 0.1) is 10.2 Å². The maximum atomic E-state index is 4.46. The van der Waals surface area contributed by atoms with Crippen LogP contribution in [0.3, 0.4) is 0 Å². The van der Waals surface area contributed by atoms with E-state index in [4.69, 9.17) is 0 Å². The smallest absolute Gasteiger partial charge is 0.108 e. The maximum absolute atomic E-state index is 4.46. The topological polar surface area (TPSA) is 24.9 Å². The van der Waals surface area contributed by atoms with Crippen LogP contribution in [0.25, 0.3) is 10.2 Å². The minimum absolute atomic E-state index is 0.860. The van der Waals surface area contributed by atoms with E-state index < -0.39 is 0 Å². The normalized spacial score (nSPS) is 10.8. The molecule has 1 aromatic heterocycles. The maximum Gasteiger partial charge on any atom is 0.108 e. The number of hydrogen-bond acceptors (Lipinski definition) is 3. The first-order chi connectivity index (χ1) is 5.90. The van der Waals surface area contributed by atoms with Crippen LogP contribution in [0.1, 0.15) is 5.01 Å². The van der Waals surface area contributed by atoms with Gasteiger partial charge in [-0.3, -0.25) is 0 Å². The van der Waals surface area contributed by atoms with E-state index in [-0.39, 0.29) is 0 Å². The van der Waals surface area contributed by atoms with Crippen LogP contribution in [0.2, 0.25) is 0 Å². The van der Waals surface area contributed by atoms with Crippen molar-refractivity contribution in [3.63, 3.8) is 0 Å². The molecule has 0 spiro atoms. The summed E-state index contributed by atoms with van der Waals surface area (Å²) in [6, 6.07) is 8.21. The largest absolute Gasteiger partial charge is 0.314 e. The van der Waals surface area contributed by atoms with E-state index in [1.807, 2.05) is 25.2 Å². The summed E-state index contributed by atoms with van der Waals surface area (Å²) in [6.07, 6.45) is 0. The van der Waals surface area contributed by atoms with E-state index in [0.29, 0.717) is 0 Å². The average Bonchev–Trinajstić information content (AvgIpc) is 2.47. The molecule has 0 aliphatic rings. The predicted molar refractivity (Wildman–Crippen MR) is 52.4 cm³/mol. The van der Waals surface area contributed by atoms with Crippen molar-refractivity contribution in [2.75, 3.05) is 7.05 Å². The Kier molecular flexibility index (Phi) is 2.06. The summed E-state index contributed by atoms with van der Waals surface area (Å²) >= 11 is 1.75. The molecule has 0 aliphatic heterocycles. The van der Waals surface area contributed by atoms with Crippen molar-refractivity contribution in [3.05, 3.63) is 29.3 Å². The number of benzene rings is 1. The van der Waals surface area contributed by atoms with Crippen molar-refractivity contribution >= 4 is 21.6 Å². The summed E-state index contributed by atoms with van der Waals surface area (Å²) in [5.74, 6) is 0. The molecule has 1 heterocycles. The van der Waals surface area contributed by atoms with Gasteiger partial charge in [0.15, 0.2) is 0 Å². The van der Waals surface area contributed by atoms with Gasteiger partial charge in [-0.1, -0.05) is 12.1 Å². The highest BCUT2D eigenvalue weighted by atomic mass is 32.1. The Morgan fingerprint density at radius 2 is 2.25 bits per heavy atom. The molecule has 3 heteroatoms. The Hall–Kier alpha value is -0.930. The van der Waals surface area contributed by atoms with E-state index in [2.05, 4.69) is 16.4 Å². The lowest BCUT2D eigenvalue weighted by atomic mass is 10.3. The van der Waals surface area contributed by atoms with Crippen LogP contribution in [-0.4, -0.2) is 12.0 Å². The molecule has 0 fully saturated rings. The molecule has 1 aromatic carbocycles. The summed E-state index contributed by atoms with van der Waals surface area (Å²) < 4.78 is 1.27. The van der Waals surface area contributed by atoms with Gasteiger partial charge in [0.25, 0.3) is 0 Å². The van der Waals surface area contributed by atoms with Crippen LogP contribution >= 0.6 is 11.3 Å². The lowest BCUT2D eigenvalue weighted by Gasteiger charge is -1.88. The van der Waals surface area contributed by atoms with Crippen LogP contribution in [-0.2, 0) is 6.54 Å². The molecule has 0 radical (unpaired) electrons. The Morgan fingerprint density at radius 1 is 1.42 bits per heavy atom. The molecule has 12 heavy (non-hydrogen) atoms. The van der Waals surface area contributed by atoms with Crippen molar-refractivity contribution in [1.29, 1.82) is 0 Å². The van der Waals surface area contributed by atoms with Crippen LogP contribution in [0.5, 0.6) is 0 Å². The number of rotatable bonds is 2. The third-order valence-corrected chi connectivity index (χ3v) is 2.70. The number of thiazole rings is 1. The van der Waals surface area contributed by atoms with Gasteiger partial charge < -0.3 is 5.32 Å². The van der Waals surface area contributed by atoms with Gasteiger partial charge in [-0.05, 0) is 19.2 Å². The molecule has 0 saturated heterocycles. The Morgan fingerprint density at radius 3 is 3.00 bits per heavy atom. The predicted octanol–water partition coefficient (Wildman–Crippen LogP) is 2.02. The average molecular weight is 178 g/mol. The Labute approximate surface area is 75.3 Å². The highest BCUT2D eigenvalue weighted by Gasteiger charge is 2.00. The van der Waals surface area contributed by atoms with Crippen LogP contribution < -0.4 is 5.32 Å². The van der Waals surface area contributed by atoms with Crippen molar-refractivity contribution in [2.45, 2.75) is 6.54 Å². The standard InChI is InChI=1S/C9H10N2S/c1-10-6-9-11-7-4-2-3-5-8(7)12-9/h2-5,10H,6H2,1H3. The number of fused-ring (bicyclic) bond motifs is 1. The third kappa shape index (κ3) is 1.33. The molecular weight excluding hydrogens is 168 g/mol. The van der Waals surface area contributed by atoms with Gasteiger partial charge in [-0.25, -0.2) is 4.98 Å². The van der Waals surface area contributed by atoms with Crippen molar-refractivity contribution < 1.29 is 0 Å². The third-order valence-electron chi connectivity index (χ3n) is 1.67. The summed E-state index contributed by atoms with van der Waals surface area (Å²) in [7, 11) is 1.94. The lowest BCUT2D eigenvalue weighted by molar-refractivity contribution is 0.812. The zero-order valence-electron chi connectivity index (χ0n) is 6.87. The van der Waals surface area contributed by atoms with E-state index in [1.165, 1.54) is 4.70 Å². The number of nitrogens with zero attached hydrogens (tertiary/aromatic N) is 1. The summed E-state index contributed by atoms with van der Waals surface area (Å²) in [5, 5.41) is 4.24. The zero-order valence-corrected chi connectivity index (χ0v) is 7.69. The SMILES string of the molecule is CNCc1nc2ccccc2s1. The fraction of sp³-hybridized carbons (Fsp3) is 0.222. The van der Waals surface area contributed by atoms with Gasteiger partial charge in [-0.15, -0.1) is 11.3 Å². The molecule has 0 unspecified atom stereocenters. The fourth-order valence-corrected chi connectivity index (χ4v) is 2.13. The van der Waals surface area contributed by atoms with Gasteiger partial charge in [0.2, 0.25) is 0 Å². The minimum atomic E-state index is 0.860. The van der Waals surface area contributed by atoms with Gasteiger partial charge in [0, 0.05) is 6.54 Å². The van der Waals surface area contributed by atoms with Crippen LogP contribution in [0.15, 0.2) is 24.3 Å². The molecule has 1 N–H and O–H groups in total.